The van der Waals surface area contributed by atoms with Crippen molar-refractivity contribution in [3.8, 4) is 5.69 Å². The number of carbonyl (C=O) groups excluding carboxylic acids is 1. The third-order valence-corrected chi connectivity index (χ3v) is 7.24. The van der Waals surface area contributed by atoms with E-state index in [-0.39, 0.29) is 23.9 Å². The van der Waals surface area contributed by atoms with Gasteiger partial charge in [-0.1, -0.05) is 30.7 Å². The lowest BCUT2D eigenvalue weighted by Gasteiger charge is -2.25. The number of piperidine rings is 1. The second-order valence-corrected chi connectivity index (χ2v) is 9.50. The third-order valence-electron chi connectivity index (χ3n) is 5.33. The third kappa shape index (κ3) is 5.21. The highest BCUT2D eigenvalue weighted by Gasteiger charge is 2.25. The Hall–Kier alpha value is -2.97. The molecular weight excluding hydrogens is 414 g/mol. The standard InChI is InChI=1S/C23H25N3O4S/c27-23(30-18-20-5-9-21(10-6-20)26-16-4-13-24-26)17-19-7-11-22(12-8-19)31(28,29)25-14-2-1-3-15-25/h4-13,16H,1-3,14-15,17-18H2. The van der Waals surface area contributed by atoms with Crippen LogP contribution in [-0.4, -0.2) is 41.6 Å². The van der Waals surface area contributed by atoms with Gasteiger partial charge in [-0.05, 0) is 54.3 Å². The lowest BCUT2D eigenvalue weighted by atomic mass is 10.1. The molecule has 1 aliphatic heterocycles. The molecule has 0 amide bonds. The maximum atomic E-state index is 12.7. The lowest BCUT2D eigenvalue weighted by Crippen LogP contribution is -2.35. The van der Waals surface area contributed by atoms with E-state index in [4.69, 9.17) is 4.74 Å². The van der Waals surface area contributed by atoms with Crippen LogP contribution < -0.4 is 0 Å². The van der Waals surface area contributed by atoms with Crippen molar-refractivity contribution in [2.24, 2.45) is 0 Å². The molecular formula is C23H25N3O4S. The molecule has 0 unspecified atom stereocenters. The minimum Gasteiger partial charge on any atom is -0.461 e. The SMILES string of the molecule is O=C(Cc1ccc(S(=O)(=O)N2CCCCC2)cc1)OCc1ccc(-n2cccn2)cc1. The summed E-state index contributed by atoms with van der Waals surface area (Å²) in [5.41, 5.74) is 2.53. The number of aromatic nitrogens is 2. The maximum Gasteiger partial charge on any atom is 0.310 e. The van der Waals surface area contributed by atoms with Gasteiger partial charge in [0.25, 0.3) is 0 Å². The normalized spacial score (nSPS) is 15.0. The highest BCUT2D eigenvalue weighted by Crippen LogP contribution is 2.21. The van der Waals surface area contributed by atoms with Crippen molar-refractivity contribution in [2.45, 2.75) is 37.2 Å². The fraction of sp³-hybridized carbons (Fsp3) is 0.304. The Morgan fingerprint density at radius 3 is 2.26 bits per heavy atom. The summed E-state index contributed by atoms with van der Waals surface area (Å²) in [6.07, 6.45) is 6.53. The summed E-state index contributed by atoms with van der Waals surface area (Å²) in [5, 5.41) is 4.18. The van der Waals surface area contributed by atoms with Crippen molar-refractivity contribution in [2.75, 3.05) is 13.1 Å². The van der Waals surface area contributed by atoms with Crippen LogP contribution in [0.25, 0.3) is 5.69 Å². The first-order chi connectivity index (χ1) is 15.0. The summed E-state index contributed by atoms with van der Waals surface area (Å²) in [6, 6.07) is 16.0. The van der Waals surface area contributed by atoms with Gasteiger partial charge in [0.15, 0.2) is 0 Å². The average Bonchev–Trinajstić information content (AvgIpc) is 3.34. The summed E-state index contributed by atoms with van der Waals surface area (Å²) in [6.45, 7) is 1.32. The molecule has 1 aliphatic rings. The Bertz CT molecular complexity index is 1100. The smallest absolute Gasteiger partial charge is 0.310 e. The van der Waals surface area contributed by atoms with E-state index in [0.717, 1.165) is 36.1 Å². The van der Waals surface area contributed by atoms with E-state index in [1.807, 2.05) is 36.5 Å². The van der Waals surface area contributed by atoms with Crippen molar-refractivity contribution >= 4 is 16.0 Å². The fourth-order valence-corrected chi connectivity index (χ4v) is 5.10. The number of nitrogens with zero attached hydrogens (tertiary/aromatic N) is 3. The van der Waals surface area contributed by atoms with Gasteiger partial charge in [0.2, 0.25) is 10.0 Å². The Kier molecular flexibility index (Phi) is 6.48. The number of esters is 1. The van der Waals surface area contributed by atoms with Crippen molar-refractivity contribution in [1.29, 1.82) is 0 Å². The van der Waals surface area contributed by atoms with Gasteiger partial charge in [0.05, 0.1) is 17.0 Å². The van der Waals surface area contributed by atoms with Gasteiger partial charge < -0.3 is 4.74 Å². The molecule has 0 radical (unpaired) electrons. The number of ether oxygens (including phenoxy) is 1. The van der Waals surface area contributed by atoms with Crippen LogP contribution in [0, 0.1) is 0 Å². The molecule has 0 spiro atoms. The van der Waals surface area contributed by atoms with E-state index in [1.165, 1.54) is 4.31 Å². The topological polar surface area (TPSA) is 81.5 Å². The van der Waals surface area contributed by atoms with Crippen LogP contribution in [0.3, 0.4) is 0 Å². The lowest BCUT2D eigenvalue weighted by molar-refractivity contribution is -0.144. The number of hydrogen-bond donors (Lipinski definition) is 0. The summed E-state index contributed by atoms with van der Waals surface area (Å²) < 4.78 is 34.1. The number of benzene rings is 2. The Morgan fingerprint density at radius 1 is 0.935 bits per heavy atom. The zero-order valence-electron chi connectivity index (χ0n) is 17.2. The number of sulfonamides is 1. The fourth-order valence-electron chi connectivity index (χ4n) is 3.58. The van der Waals surface area contributed by atoms with E-state index >= 15 is 0 Å². The molecule has 0 bridgehead atoms. The zero-order valence-corrected chi connectivity index (χ0v) is 18.0. The van der Waals surface area contributed by atoms with Gasteiger partial charge in [-0.2, -0.15) is 9.40 Å². The molecule has 8 heteroatoms. The molecule has 1 saturated heterocycles. The number of hydrogen-bond acceptors (Lipinski definition) is 5. The molecule has 1 fully saturated rings. The highest BCUT2D eigenvalue weighted by molar-refractivity contribution is 7.89. The largest absolute Gasteiger partial charge is 0.461 e. The molecule has 1 aromatic heterocycles. The molecule has 0 atom stereocenters. The van der Waals surface area contributed by atoms with E-state index < -0.39 is 10.0 Å². The first-order valence-corrected chi connectivity index (χ1v) is 11.8. The minimum absolute atomic E-state index is 0.0927. The van der Waals surface area contributed by atoms with Crippen LogP contribution in [0.2, 0.25) is 0 Å². The van der Waals surface area contributed by atoms with Crippen molar-refractivity contribution in [3.63, 3.8) is 0 Å². The monoisotopic (exact) mass is 439 g/mol. The van der Waals surface area contributed by atoms with Crippen LogP contribution in [0.5, 0.6) is 0 Å². The van der Waals surface area contributed by atoms with Crippen LogP contribution >= 0.6 is 0 Å². The Labute approximate surface area is 182 Å². The molecule has 162 valence electrons. The minimum atomic E-state index is -3.46. The molecule has 7 nitrogen and oxygen atoms in total. The molecule has 31 heavy (non-hydrogen) atoms. The first kappa shape index (κ1) is 21.3. The van der Waals surface area contributed by atoms with Crippen molar-refractivity contribution in [3.05, 3.63) is 78.1 Å². The maximum absolute atomic E-state index is 12.7. The van der Waals surface area contributed by atoms with Gasteiger partial charge >= 0.3 is 5.97 Å². The summed E-state index contributed by atoms with van der Waals surface area (Å²) >= 11 is 0. The van der Waals surface area contributed by atoms with Crippen LogP contribution in [0.1, 0.15) is 30.4 Å². The summed E-state index contributed by atoms with van der Waals surface area (Å²) in [5.74, 6) is -0.359. The second kappa shape index (κ2) is 9.45. The molecule has 0 aliphatic carbocycles. The molecule has 2 aromatic carbocycles. The molecule has 4 rings (SSSR count). The van der Waals surface area contributed by atoms with E-state index in [1.54, 1.807) is 35.1 Å². The highest BCUT2D eigenvalue weighted by atomic mass is 32.2. The molecule has 3 aromatic rings. The van der Waals surface area contributed by atoms with Crippen molar-refractivity contribution in [1.82, 2.24) is 14.1 Å². The Balaban J connectivity index is 1.30. The van der Waals surface area contributed by atoms with Crippen LogP contribution in [0.4, 0.5) is 0 Å². The molecule has 0 saturated carbocycles. The Morgan fingerprint density at radius 2 is 1.61 bits per heavy atom. The number of carbonyl (C=O) groups is 1. The predicted octanol–water partition coefficient (Wildman–Crippen LogP) is 3.33. The van der Waals surface area contributed by atoms with Crippen LogP contribution in [-0.2, 0) is 32.6 Å². The molecule has 0 N–H and O–H groups in total. The molecule has 2 heterocycles. The predicted molar refractivity (Wildman–Crippen MR) is 116 cm³/mol. The quantitative estimate of drug-likeness (QED) is 0.528. The average molecular weight is 440 g/mol. The van der Waals surface area contributed by atoms with E-state index in [2.05, 4.69) is 5.10 Å². The zero-order chi connectivity index (χ0) is 21.7. The van der Waals surface area contributed by atoms with Crippen molar-refractivity contribution < 1.29 is 17.9 Å². The van der Waals surface area contributed by atoms with E-state index in [0.29, 0.717) is 13.1 Å². The summed E-state index contributed by atoms with van der Waals surface area (Å²) in [7, 11) is -3.46. The van der Waals surface area contributed by atoms with E-state index in [9.17, 15) is 13.2 Å². The first-order valence-electron chi connectivity index (χ1n) is 10.4. The summed E-state index contributed by atoms with van der Waals surface area (Å²) in [4.78, 5) is 12.5. The van der Waals surface area contributed by atoms with Gasteiger partial charge in [0.1, 0.15) is 6.61 Å². The number of rotatable bonds is 7. The van der Waals surface area contributed by atoms with Gasteiger partial charge in [-0.3, -0.25) is 4.79 Å². The van der Waals surface area contributed by atoms with Gasteiger partial charge in [-0.25, -0.2) is 13.1 Å². The van der Waals surface area contributed by atoms with Crippen LogP contribution in [0.15, 0.2) is 71.9 Å². The second-order valence-electron chi connectivity index (χ2n) is 7.56. The van der Waals surface area contributed by atoms with Gasteiger partial charge in [-0.15, -0.1) is 0 Å². The van der Waals surface area contributed by atoms with Gasteiger partial charge in [0, 0.05) is 25.5 Å².